The number of H-pyrrole nitrogens is 1. The fourth-order valence-corrected chi connectivity index (χ4v) is 2.32. The van der Waals surface area contributed by atoms with Gasteiger partial charge in [0.15, 0.2) is 11.2 Å². The summed E-state index contributed by atoms with van der Waals surface area (Å²) in [6.45, 7) is 1.88. The van der Waals surface area contributed by atoms with Gasteiger partial charge in [0.2, 0.25) is 0 Å². The molecule has 0 fully saturated rings. The van der Waals surface area contributed by atoms with Crippen molar-refractivity contribution in [2.45, 2.75) is 6.92 Å². The van der Waals surface area contributed by atoms with E-state index in [9.17, 15) is 4.79 Å². The second kappa shape index (κ2) is 4.10. The Hall–Kier alpha value is -1.88. The second-order valence-corrected chi connectivity index (χ2v) is 4.82. The molecule has 0 radical (unpaired) electrons. The van der Waals surface area contributed by atoms with Gasteiger partial charge in [-0.1, -0.05) is 0 Å². The first-order chi connectivity index (χ1) is 8.65. The Morgan fingerprint density at radius 3 is 2.89 bits per heavy atom. The van der Waals surface area contributed by atoms with E-state index >= 15 is 0 Å². The fraction of sp³-hybridized carbons (Fsp3) is 0.0769. The third-order valence-electron chi connectivity index (χ3n) is 2.67. The van der Waals surface area contributed by atoms with Gasteiger partial charge in [0, 0.05) is 16.7 Å². The molecule has 0 amide bonds. The molecule has 0 aliphatic rings. The van der Waals surface area contributed by atoms with Gasteiger partial charge in [-0.2, -0.15) is 0 Å². The molecular weight excluding hydrogens is 296 g/mol. The maximum atomic E-state index is 11.7. The first kappa shape index (κ1) is 11.2. The minimum Gasteiger partial charge on any atom is -0.460 e. The summed E-state index contributed by atoms with van der Waals surface area (Å²) in [5.41, 5.74) is 1.17. The van der Waals surface area contributed by atoms with E-state index < -0.39 is 0 Å². The predicted molar refractivity (Wildman–Crippen MR) is 72.5 cm³/mol. The van der Waals surface area contributed by atoms with Crippen molar-refractivity contribution in [1.82, 2.24) is 9.97 Å². The van der Waals surface area contributed by atoms with Crippen LogP contribution in [0.3, 0.4) is 0 Å². The van der Waals surface area contributed by atoms with Crippen molar-refractivity contribution in [1.29, 1.82) is 0 Å². The van der Waals surface area contributed by atoms with Gasteiger partial charge in [0.25, 0.3) is 0 Å². The Kier molecular flexibility index (Phi) is 2.56. The van der Waals surface area contributed by atoms with E-state index in [1.807, 2.05) is 19.1 Å². The average Bonchev–Trinajstić information content (AvgIpc) is 2.76. The normalized spacial score (nSPS) is 11.0. The largest absolute Gasteiger partial charge is 0.460 e. The summed E-state index contributed by atoms with van der Waals surface area (Å²) in [6, 6.07) is 6.97. The Balaban J connectivity index is 2.32. The highest BCUT2D eigenvalue weighted by molar-refractivity contribution is 9.10. The zero-order valence-corrected chi connectivity index (χ0v) is 11.1. The zero-order chi connectivity index (χ0) is 12.7. The summed E-state index contributed by atoms with van der Waals surface area (Å²) >= 11 is 3.42. The molecule has 0 spiro atoms. The molecule has 1 N–H and O–H groups in total. The van der Waals surface area contributed by atoms with Crippen LogP contribution in [0.25, 0.3) is 22.5 Å². The SMILES string of the molecule is Cc1ccc(-c2nc3[nH]ccc(=O)c3cc2Br)o1. The van der Waals surface area contributed by atoms with E-state index in [0.29, 0.717) is 22.5 Å². The molecule has 0 saturated heterocycles. The van der Waals surface area contributed by atoms with Crippen LogP contribution < -0.4 is 5.43 Å². The lowest BCUT2D eigenvalue weighted by molar-refractivity contribution is 0.546. The molecule has 3 heterocycles. The predicted octanol–water partition coefficient (Wildman–Crippen LogP) is 3.25. The second-order valence-electron chi connectivity index (χ2n) is 3.97. The molecule has 0 unspecified atom stereocenters. The molecule has 3 rings (SSSR count). The van der Waals surface area contributed by atoms with E-state index in [1.165, 1.54) is 6.07 Å². The average molecular weight is 305 g/mol. The van der Waals surface area contributed by atoms with Crippen LogP contribution in [0.4, 0.5) is 0 Å². The molecule has 4 nitrogen and oxygen atoms in total. The Morgan fingerprint density at radius 2 is 2.17 bits per heavy atom. The molecule has 3 aromatic heterocycles. The number of hydrogen-bond acceptors (Lipinski definition) is 3. The highest BCUT2D eigenvalue weighted by atomic mass is 79.9. The molecule has 0 saturated carbocycles. The van der Waals surface area contributed by atoms with Crippen molar-refractivity contribution in [3.8, 4) is 11.5 Å². The summed E-state index contributed by atoms with van der Waals surface area (Å²) < 4.78 is 6.28. The van der Waals surface area contributed by atoms with Crippen molar-refractivity contribution in [2.24, 2.45) is 0 Å². The maximum Gasteiger partial charge on any atom is 0.191 e. The van der Waals surface area contributed by atoms with Gasteiger partial charge in [-0.3, -0.25) is 4.79 Å². The van der Waals surface area contributed by atoms with E-state index in [1.54, 1.807) is 12.3 Å². The Bertz CT molecular complexity index is 789. The number of pyridine rings is 2. The molecule has 90 valence electrons. The number of aromatic amines is 1. The number of furan rings is 1. The number of aryl methyl sites for hydroxylation is 1. The lowest BCUT2D eigenvalue weighted by Gasteiger charge is -2.03. The maximum absolute atomic E-state index is 11.7. The van der Waals surface area contributed by atoms with E-state index in [4.69, 9.17) is 4.42 Å². The summed E-state index contributed by atoms with van der Waals surface area (Å²) in [6.07, 6.45) is 1.59. The van der Waals surface area contributed by atoms with Crippen LogP contribution in [-0.4, -0.2) is 9.97 Å². The molecule has 0 aromatic carbocycles. The quantitative estimate of drug-likeness (QED) is 0.750. The van der Waals surface area contributed by atoms with Crippen LogP contribution in [0, 0.1) is 6.92 Å². The molecule has 0 bridgehead atoms. The number of halogens is 1. The van der Waals surface area contributed by atoms with Gasteiger partial charge in [-0.15, -0.1) is 0 Å². The number of fused-ring (bicyclic) bond motifs is 1. The summed E-state index contributed by atoms with van der Waals surface area (Å²) in [5, 5.41) is 0.552. The van der Waals surface area contributed by atoms with Crippen molar-refractivity contribution < 1.29 is 4.42 Å². The number of nitrogens with zero attached hydrogens (tertiary/aromatic N) is 1. The zero-order valence-electron chi connectivity index (χ0n) is 9.53. The van der Waals surface area contributed by atoms with Crippen LogP contribution in [0.2, 0.25) is 0 Å². The lowest BCUT2D eigenvalue weighted by Crippen LogP contribution is -2.02. The minimum atomic E-state index is -0.0564. The Morgan fingerprint density at radius 1 is 1.33 bits per heavy atom. The highest BCUT2D eigenvalue weighted by Gasteiger charge is 2.11. The minimum absolute atomic E-state index is 0.0564. The number of nitrogens with one attached hydrogen (secondary N) is 1. The van der Waals surface area contributed by atoms with Crippen LogP contribution in [-0.2, 0) is 0 Å². The van der Waals surface area contributed by atoms with Crippen LogP contribution in [0.15, 0.2) is 44.1 Å². The number of hydrogen-bond donors (Lipinski definition) is 1. The first-order valence-corrected chi connectivity index (χ1v) is 6.19. The number of aromatic nitrogens is 2. The van der Waals surface area contributed by atoms with Gasteiger partial charge in [0.1, 0.15) is 17.1 Å². The lowest BCUT2D eigenvalue weighted by atomic mass is 10.2. The third-order valence-corrected chi connectivity index (χ3v) is 3.27. The molecule has 18 heavy (non-hydrogen) atoms. The smallest absolute Gasteiger partial charge is 0.191 e. The number of rotatable bonds is 1. The van der Waals surface area contributed by atoms with Crippen LogP contribution in [0.5, 0.6) is 0 Å². The van der Waals surface area contributed by atoms with Crippen molar-refractivity contribution in [2.75, 3.05) is 0 Å². The summed E-state index contributed by atoms with van der Waals surface area (Å²) in [4.78, 5) is 19.1. The van der Waals surface area contributed by atoms with E-state index in [-0.39, 0.29) is 5.43 Å². The van der Waals surface area contributed by atoms with Crippen molar-refractivity contribution in [3.63, 3.8) is 0 Å². The summed E-state index contributed by atoms with van der Waals surface area (Å²) in [7, 11) is 0. The van der Waals surface area contributed by atoms with Crippen LogP contribution >= 0.6 is 15.9 Å². The van der Waals surface area contributed by atoms with Crippen molar-refractivity contribution in [3.05, 3.63) is 50.9 Å². The monoisotopic (exact) mass is 304 g/mol. The first-order valence-electron chi connectivity index (χ1n) is 5.40. The highest BCUT2D eigenvalue weighted by Crippen LogP contribution is 2.29. The van der Waals surface area contributed by atoms with E-state index in [2.05, 4.69) is 25.9 Å². The third kappa shape index (κ3) is 1.76. The molecule has 0 atom stereocenters. The molecule has 5 heteroatoms. The topological polar surface area (TPSA) is 58.9 Å². The standard InChI is InChI=1S/C13H9BrN2O2/c1-7-2-3-11(18-7)12-9(14)6-8-10(17)4-5-15-13(8)16-12/h2-6H,1H3,(H,15,16,17). The van der Waals surface area contributed by atoms with Gasteiger partial charge in [-0.05, 0) is 41.1 Å². The van der Waals surface area contributed by atoms with Gasteiger partial charge in [-0.25, -0.2) is 4.98 Å². The summed E-state index contributed by atoms with van der Waals surface area (Å²) in [5.74, 6) is 1.49. The van der Waals surface area contributed by atoms with Gasteiger partial charge in [0.05, 0.1) is 5.39 Å². The molecule has 0 aliphatic carbocycles. The molecule has 0 aliphatic heterocycles. The molecule has 3 aromatic rings. The van der Waals surface area contributed by atoms with Gasteiger partial charge >= 0.3 is 0 Å². The van der Waals surface area contributed by atoms with Crippen molar-refractivity contribution >= 4 is 27.0 Å². The fourth-order valence-electron chi connectivity index (χ4n) is 1.81. The Labute approximate surface area is 111 Å². The van der Waals surface area contributed by atoms with Crippen LogP contribution in [0.1, 0.15) is 5.76 Å². The van der Waals surface area contributed by atoms with Gasteiger partial charge < -0.3 is 9.40 Å². The van der Waals surface area contributed by atoms with E-state index in [0.717, 1.165) is 10.2 Å². The molecular formula is C13H9BrN2O2.